The van der Waals surface area contributed by atoms with E-state index in [4.69, 9.17) is 0 Å². The zero-order chi connectivity index (χ0) is 18.0. The van der Waals surface area contributed by atoms with E-state index in [1.165, 1.54) is 56.2 Å². The standard InChI is InChI=1S/C25H16SSe/c1-15-7-21-10-17-9-20-13-25-22(11-18(20)8-19(17)12-23(21)26-15)14-24(27-25)16-5-3-2-4-6-16/h2-14H,1H3. The number of hydrogen-bond acceptors (Lipinski definition) is 1. The van der Waals surface area contributed by atoms with E-state index in [0.717, 1.165) is 0 Å². The van der Waals surface area contributed by atoms with E-state index < -0.39 is 0 Å². The van der Waals surface area contributed by atoms with Crippen LogP contribution in [0.15, 0.2) is 78.9 Å². The predicted molar refractivity (Wildman–Crippen MR) is 121 cm³/mol. The van der Waals surface area contributed by atoms with Gasteiger partial charge >= 0.3 is 168 Å². The average molecular weight is 427 g/mol. The van der Waals surface area contributed by atoms with Crippen LogP contribution >= 0.6 is 11.3 Å². The van der Waals surface area contributed by atoms with Gasteiger partial charge in [-0.3, -0.25) is 0 Å². The Bertz CT molecular complexity index is 1380. The van der Waals surface area contributed by atoms with Gasteiger partial charge in [-0.2, -0.15) is 0 Å². The fourth-order valence-corrected chi connectivity index (χ4v) is 7.21. The van der Waals surface area contributed by atoms with Gasteiger partial charge in [-0.1, -0.05) is 0 Å². The summed E-state index contributed by atoms with van der Waals surface area (Å²) in [5.74, 6) is 0. The molecule has 0 N–H and O–H groups in total. The van der Waals surface area contributed by atoms with Gasteiger partial charge in [0, 0.05) is 0 Å². The molecule has 0 saturated heterocycles. The van der Waals surface area contributed by atoms with Crippen LogP contribution in [0.5, 0.6) is 0 Å². The molecular weight excluding hydrogens is 411 g/mol. The molecule has 128 valence electrons. The van der Waals surface area contributed by atoms with E-state index in [0.29, 0.717) is 14.5 Å². The van der Waals surface area contributed by atoms with Crippen molar-refractivity contribution in [2.24, 2.45) is 0 Å². The van der Waals surface area contributed by atoms with Crippen molar-refractivity contribution in [2.75, 3.05) is 0 Å². The van der Waals surface area contributed by atoms with Crippen molar-refractivity contribution in [1.29, 1.82) is 0 Å². The van der Waals surface area contributed by atoms with E-state index in [2.05, 4.69) is 85.8 Å². The van der Waals surface area contributed by atoms with Crippen molar-refractivity contribution < 1.29 is 0 Å². The third-order valence-corrected chi connectivity index (χ3v) is 8.67. The third kappa shape index (κ3) is 2.56. The van der Waals surface area contributed by atoms with Gasteiger partial charge in [0.05, 0.1) is 0 Å². The first-order valence-electron chi connectivity index (χ1n) is 9.10. The molecule has 6 rings (SSSR count). The molecule has 4 aromatic carbocycles. The van der Waals surface area contributed by atoms with E-state index >= 15 is 0 Å². The summed E-state index contributed by atoms with van der Waals surface area (Å²) in [6.45, 7) is 2.19. The van der Waals surface area contributed by atoms with Crippen molar-refractivity contribution in [2.45, 2.75) is 6.92 Å². The maximum absolute atomic E-state index is 2.42. The Kier molecular flexibility index (Phi) is 3.37. The van der Waals surface area contributed by atoms with Gasteiger partial charge in [-0.05, 0) is 0 Å². The number of fused-ring (bicyclic) bond motifs is 4. The third-order valence-electron chi connectivity index (χ3n) is 5.25. The molecule has 0 radical (unpaired) electrons. The second kappa shape index (κ2) is 5.81. The Hall–Kier alpha value is -2.38. The van der Waals surface area contributed by atoms with Crippen LogP contribution in [-0.2, 0) is 0 Å². The quantitative estimate of drug-likeness (QED) is 0.190. The molecule has 2 heteroatoms. The van der Waals surface area contributed by atoms with Gasteiger partial charge in [-0.15, -0.1) is 0 Å². The summed E-state index contributed by atoms with van der Waals surface area (Å²) in [6, 6.07) is 29.7. The number of aryl methyl sites for hydroxylation is 1. The van der Waals surface area contributed by atoms with Gasteiger partial charge in [0.2, 0.25) is 0 Å². The normalized spacial score (nSPS) is 11.9. The number of thiophene rings is 1. The van der Waals surface area contributed by atoms with Crippen molar-refractivity contribution >= 4 is 67.1 Å². The second-order valence-corrected chi connectivity index (χ2v) is 10.7. The molecule has 0 amide bonds. The zero-order valence-corrected chi connectivity index (χ0v) is 17.4. The monoisotopic (exact) mass is 428 g/mol. The van der Waals surface area contributed by atoms with Crippen LogP contribution in [0, 0.1) is 6.92 Å². The molecular formula is C25H16SSe. The summed E-state index contributed by atoms with van der Waals surface area (Å²) in [6.07, 6.45) is 0. The molecule has 0 aliphatic heterocycles. The second-order valence-electron chi connectivity index (χ2n) is 7.16. The van der Waals surface area contributed by atoms with Crippen molar-refractivity contribution in [1.82, 2.24) is 0 Å². The first-order valence-corrected chi connectivity index (χ1v) is 11.6. The molecule has 0 unspecified atom stereocenters. The molecule has 0 aliphatic carbocycles. The van der Waals surface area contributed by atoms with Crippen LogP contribution in [-0.4, -0.2) is 14.5 Å². The molecule has 27 heavy (non-hydrogen) atoms. The van der Waals surface area contributed by atoms with E-state index in [1.54, 1.807) is 0 Å². The molecule has 0 aliphatic rings. The first kappa shape index (κ1) is 15.7. The van der Waals surface area contributed by atoms with Gasteiger partial charge < -0.3 is 0 Å². The number of rotatable bonds is 1. The van der Waals surface area contributed by atoms with Crippen LogP contribution in [0.25, 0.3) is 51.3 Å². The number of benzene rings is 4. The van der Waals surface area contributed by atoms with Gasteiger partial charge in [0.25, 0.3) is 0 Å². The summed E-state index contributed by atoms with van der Waals surface area (Å²) < 4.78 is 4.37. The van der Waals surface area contributed by atoms with Crippen LogP contribution in [0.4, 0.5) is 0 Å². The number of hydrogen-bond donors (Lipinski definition) is 0. The van der Waals surface area contributed by atoms with Crippen LogP contribution in [0.2, 0.25) is 0 Å². The predicted octanol–water partition coefficient (Wildman–Crippen LogP) is 7.39. The van der Waals surface area contributed by atoms with Crippen molar-refractivity contribution in [3.8, 4) is 10.0 Å². The first-order chi connectivity index (χ1) is 13.2. The molecule has 6 aromatic rings. The molecule has 2 aromatic heterocycles. The molecule has 0 bridgehead atoms. The molecule has 0 saturated carbocycles. The average Bonchev–Trinajstić information content (AvgIpc) is 3.24. The van der Waals surface area contributed by atoms with E-state index in [9.17, 15) is 0 Å². The Morgan fingerprint density at radius 2 is 1.30 bits per heavy atom. The summed E-state index contributed by atoms with van der Waals surface area (Å²) in [5, 5.41) is 8.14. The van der Waals surface area contributed by atoms with Crippen LogP contribution in [0.3, 0.4) is 0 Å². The Morgan fingerprint density at radius 1 is 0.630 bits per heavy atom. The van der Waals surface area contributed by atoms with Gasteiger partial charge in [0.15, 0.2) is 0 Å². The van der Waals surface area contributed by atoms with Crippen LogP contribution < -0.4 is 0 Å². The van der Waals surface area contributed by atoms with Gasteiger partial charge in [0.1, 0.15) is 0 Å². The molecule has 0 spiro atoms. The van der Waals surface area contributed by atoms with Gasteiger partial charge in [-0.25, -0.2) is 0 Å². The molecule has 0 nitrogen and oxygen atoms in total. The van der Waals surface area contributed by atoms with E-state index in [1.807, 2.05) is 11.3 Å². The van der Waals surface area contributed by atoms with E-state index in [-0.39, 0.29) is 0 Å². The molecule has 2 heterocycles. The van der Waals surface area contributed by atoms with Crippen LogP contribution in [0.1, 0.15) is 4.88 Å². The Balaban J connectivity index is 1.61. The SMILES string of the molecule is Cc1cc2cc3cc4cc5[se]c(-c6ccccc6)cc5cc4cc3cc2s1. The topological polar surface area (TPSA) is 0 Å². The summed E-state index contributed by atoms with van der Waals surface area (Å²) in [4.78, 5) is 1.38. The minimum absolute atomic E-state index is 0.383. The Morgan fingerprint density at radius 3 is 2.11 bits per heavy atom. The minimum atomic E-state index is 0.383. The van der Waals surface area contributed by atoms with Crippen molar-refractivity contribution in [3.05, 3.63) is 83.7 Å². The summed E-state index contributed by atoms with van der Waals surface area (Å²) >= 11 is 2.27. The fraction of sp³-hybridized carbons (Fsp3) is 0.0400. The summed E-state index contributed by atoms with van der Waals surface area (Å²) in [7, 11) is 0. The maximum atomic E-state index is 2.42. The molecule has 0 atom stereocenters. The molecule has 0 fully saturated rings. The zero-order valence-electron chi connectivity index (χ0n) is 14.8. The fourth-order valence-electron chi connectivity index (χ4n) is 3.95. The van der Waals surface area contributed by atoms with Crippen molar-refractivity contribution in [3.63, 3.8) is 0 Å². The summed E-state index contributed by atoms with van der Waals surface area (Å²) in [5.41, 5.74) is 1.36. The Labute approximate surface area is 167 Å².